The van der Waals surface area contributed by atoms with Gasteiger partial charge < -0.3 is 19.4 Å². The van der Waals surface area contributed by atoms with Crippen LogP contribution in [0.5, 0.6) is 5.75 Å². The van der Waals surface area contributed by atoms with Gasteiger partial charge in [-0.1, -0.05) is 29.8 Å². The summed E-state index contributed by atoms with van der Waals surface area (Å²) in [7, 11) is 3.41. The lowest BCUT2D eigenvalue weighted by atomic mass is 10.1. The van der Waals surface area contributed by atoms with Crippen LogP contribution in [0.25, 0.3) is 11.4 Å². The third-order valence-electron chi connectivity index (χ3n) is 5.72. The molecule has 1 aromatic carbocycles. The zero-order valence-electron chi connectivity index (χ0n) is 19.9. The Morgan fingerprint density at radius 3 is 2.80 bits per heavy atom. The van der Waals surface area contributed by atoms with Gasteiger partial charge in [-0.25, -0.2) is 4.79 Å². The molecule has 0 saturated carbocycles. The van der Waals surface area contributed by atoms with E-state index in [0.29, 0.717) is 44.5 Å². The predicted octanol–water partition coefficient (Wildman–Crippen LogP) is 5.38. The number of rotatable bonds is 8. The molecule has 0 aliphatic heterocycles. The number of nitrogens with zero attached hydrogens (tertiary/aromatic N) is 3. The van der Waals surface area contributed by atoms with E-state index in [0.717, 1.165) is 37.7 Å². The van der Waals surface area contributed by atoms with Crippen molar-refractivity contribution in [3.8, 4) is 17.1 Å². The van der Waals surface area contributed by atoms with E-state index in [-0.39, 0.29) is 17.6 Å². The number of carbonyl (C=O) groups excluding carboxylic acids is 2. The number of benzene rings is 1. The fraction of sp³-hybridized carbons (Fsp3) is 0.417. The molecule has 4 rings (SSSR count). The van der Waals surface area contributed by atoms with Crippen molar-refractivity contribution in [3.05, 3.63) is 39.2 Å². The normalized spacial score (nSPS) is 13.1. The number of esters is 1. The van der Waals surface area contributed by atoms with Gasteiger partial charge in [-0.3, -0.25) is 4.79 Å². The first kappa shape index (κ1) is 25.5. The number of amides is 1. The largest absolute Gasteiger partial charge is 0.496 e. The van der Waals surface area contributed by atoms with Gasteiger partial charge in [0.1, 0.15) is 10.8 Å². The third-order valence-corrected chi connectivity index (χ3v) is 8.19. The number of thiophene rings is 1. The second kappa shape index (κ2) is 11.5. The van der Waals surface area contributed by atoms with E-state index in [1.807, 2.05) is 7.05 Å². The summed E-state index contributed by atoms with van der Waals surface area (Å²) in [4.78, 5) is 26.7. The number of aromatic nitrogens is 3. The molecule has 0 saturated heterocycles. The Kier molecular flexibility index (Phi) is 8.35. The van der Waals surface area contributed by atoms with Crippen molar-refractivity contribution in [1.82, 2.24) is 14.8 Å². The lowest BCUT2D eigenvalue weighted by Gasteiger charge is -2.09. The molecular weight excluding hydrogens is 508 g/mol. The van der Waals surface area contributed by atoms with E-state index in [1.54, 1.807) is 36.8 Å². The molecule has 2 heterocycles. The van der Waals surface area contributed by atoms with Crippen molar-refractivity contribution >= 4 is 51.6 Å². The van der Waals surface area contributed by atoms with Crippen LogP contribution in [0.2, 0.25) is 5.02 Å². The number of nitrogens with one attached hydrogen (secondary N) is 1. The molecule has 0 fully saturated rings. The Morgan fingerprint density at radius 2 is 2.03 bits per heavy atom. The maximum Gasteiger partial charge on any atom is 0.341 e. The molecule has 1 amide bonds. The Balaban J connectivity index is 1.49. The Bertz CT molecular complexity index is 1240. The summed E-state index contributed by atoms with van der Waals surface area (Å²) in [5.41, 5.74) is 2.26. The SMILES string of the molecule is CCOC(=O)c1c(NC(=O)CSc2nnc(-c3cc(Cl)ccc3OC)n2C)sc2c1CCCCC2. The number of hydrogen-bond donors (Lipinski definition) is 1. The number of halogens is 1. The molecular formula is C24H27ClN4O4S2. The van der Waals surface area contributed by atoms with Crippen molar-refractivity contribution in [2.75, 3.05) is 24.8 Å². The van der Waals surface area contributed by atoms with Gasteiger partial charge in [0.05, 0.1) is 30.6 Å². The Hall–Kier alpha value is -2.56. The highest BCUT2D eigenvalue weighted by Crippen LogP contribution is 2.38. The highest BCUT2D eigenvalue weighted by molar-refractivity contribution is 7.99. The number of hydrogen-bond acceptors (Lipinski definition) is 8. The van der Waals surface area contributed by atoms with E-state index in [9.17, 15) is 9.59 Å². The van der Waals surface area contributed by atoms with Crippen LogP contribution in [-0.4, -0.2) is 46.1 Å². The molecule has 1 aliphatic carbocycles. The molecule has 186 valence electrons. The van der Waals surface area contributed by atoms with Crippen LogP contribution in [-0.2, 0) is 29.4 Å². The molecule has 0 unspecified atom stereocenters. The molecule has 35 heavy (non-hydrogen) atoms. The van der Waals surface area contributed by atoms with Gasteiger partial charge in [0.2, 0.25) is 5.91 Å². The van der Waals surface area contributed by atoms with E-state index in [1.165, 1.54) is 28.0 Å². The summed E-state index contributed by atoms with van der Waals surface area (Å²) in [5, 5.41) is 13.2. The minimum Gasteiger partial charge on any atom is -0.496 e. The monoisotopic (exact) mass is 534 g/mol. The molecule has 0 radical (unpaired) electrons. The van der Waals surface area contributed by atoms with Crippen molar-refractivity contribution < 1.29 is 19.1 Å². The van der Waals surface area contributed by atoms with Crippen LogP contribution in [0, 0.1) is 0 Å². The first-order chi connectivity index (χ1) is 16.9. The first-order valence-corrected chi connectivity index (χ1v) is 13.6. The van der Waals surface area contributed by atoms with Crippen molar-refractivity contribution in [2.24, 2.45) is 7.05 Å². The van der Waals surface area contributed by atoms with Crippen LogP contribution in [0.15, 0.2) is 23.4 Å². The van der Waals surface area contributed by atoms with Gasteiger partial charge in [-0.05, 0) is 56.4 Å². The predicted molar refractivity (Wildman–Crippen MR) is 139 cm³/mol. The third kappa shape index (κ3) is 5.65. The topological polar surface area (TPSA) is 95.3 Å². The van der Waals surface area contributed by atoms with E-state index < -0.39 is 0 Å². The van der Waals surface area contributed by atoms with Crippen molar-refractivity contribution in [1.29, 1.82) is 0 Å². The maximum absolute atomic E-state index is 12.9. The summed E-state index contributed by atoms with van der Waals surface area (Å²) in [6, 6.07) is 5.29. The standard InChI is InChI=1S/C24H27ClN4O4S2/c1-4-33-23(31)20-15-8-6-5-7-9-18(15)35-22(20)26-19(30)13-34-24-28-27-21(29(24)2)16-12-14(25)10-11-17(16)32-3/h10-12H,4-9,13H2,1-3H3,(H,26,30). The van der Waals surface area contributed by atoms with E-state index in [4.69, 9.17) is 21.1 Å². The molecule has 0 spiro atoms. The van der Waals surface area contributed by atoms with Gasteiger partial charge in [0, 0.05) is 16.9 Å². The van der Waals surface area contributed by atoms with Gasteiger partial charge in [0.25, 0.3) is 0 Å². The fourth-order valence-electron chi connectivity index (χ4n) is 4.07. The van der Waals surface area contributed by atoms with Crippen molar-refractivity contribution in [2.45, 2.75) is 44.2 Å². The number of ether oxygens (including phenoxy) is 2. The van der Waals surface area contributed by atoms with E-state index >= 15 is 0 Å². The average Bonchev–Trinajstić information content (AvgIpc) is 3.28. The van der Waals surface area contributed by atoms with Crippen LogP contribution in [0.4, 0.5) is 5.00 Å². The highest BCUT2D eigenvalue weighted by Gasteiger charge is 2.27. The lowest BCUT2D eigenvalue weighted by Crippen LogP contribution is -2.17. The highest BCUT2D eigenvalue weighted by atomic mass is 35.5. The summed E-state index contributed by atoms with van der Waals surface area (Å²) in [6.07, 6.45) is 5.02. The average molecular weight is 535 g/mol. The summed E-state index contributed by atoms with van der Waals surface area (Å²) in [5.74, 6) is 0.732. The van der Waals surface area contributed by atoms with Gasteiger partial charge >= 0.3 is 5.97 Å². The zero-order valence-corrected chi connectivity index (χ0v) is 22.2. The molecule has 1 N–H and O–H groups in total. The Morgan fingerprint density at radius 1 is 1.23 bits per heavy atom. The van der Waals surface area contributed by atoms with Crippen molar-refractivity contribution in [3.63, 3.8) is 0 Å². The molecule has 2 aromatic heterocycles. The molecule has 0 bridgehead atoms. The summed E-state index contributed by atoms with van der Waals surface area (Å²) < 4.78 is 12.5. The van der Waals surface area contributed by atoms with Crippen LogP contribution < -0.4 is 10.1 Å². The first-order valence-electron chi connectivity index (χ1n) is 11.4. The second-order valence-corrected chi connectivity index (χ2v) is 10.5. The zero-order chi connectivity index (χ0) is 24.9. The number of thioether (sulfide) groups is 1. The van der Waals surface area contributed by atoms with Crippen LogP contribution in [0.3, 0.4) is 0 Å². The van der Waals surface area contributed by atoms with Gasteiger partial charge in [-0.2, -0.15) is 0 Å². The fourth-order valence-corrected chi connectivity index (χ4v) is 6.25. The van der Waals surface area contributed by atoms with Crippen LogP contribution in [0.1, 0.15) is 47.0 Å². The Labute approximate surface area is 217 Å². The number of methoxy groups -OCH3 is 1. The molecule has 11 heteroatoms. The summed E-state index contributed by atoms with van der Waals surface area (Å²) in [6.45, 7) is 2.07. The molecule has 0 atom stereocenters. The number of aryl methyl sites for hydroxylation is 1. The van der Waals surface area contributed by atoms with Crippen LogP contribution >= 0.6 is 34.7 Å². The van der Waals surface area contributed by atoms with E-state index in [2.05, 4.69) is 15.5 Å². The number of fused-ring (bicyclic) bond motifs is 1. The second-order valence-electron chi connectivity index (χ2n) is 8.04. The van der Waals surface area contributed by atoms with Gasteiger partial charge in [-0.15, -0.1) is 21.5 Å². The molecule has 8 nitrogen and oxygen atoms in total. The minimum absolute atomic E-state index is 0.115. The lowest BCUT2D eigenvalue weighted by molar-refractivity contribution is -0.113. The minimum atomic E-state index is -0.372. The molecule has 1 aliphatic rings. The smallest absolute Gasteiger partial charge is 0.341 e. The number of carbonyl (C=O) groups is 2. The molecule has 3 aromatic rings. The number of anilines is 1. The summed E-state index contributed by atoms with van der Waals surface area (Å²) >= 11 is 8.91. The maximum atomic E-state index is 12.9. The van der Waals surface area contributed by atoms with Gasteiger partial charge in [0.15, 0.2) is 11.0 Å². The quantitative estimate of drug-likeness (QED) is 0.235.